The zero-order valence-electron chi connectivity index (χ0n) is 14.3. The SMILES string of the molecule is O=c1c(Cl)c(NCCN2CCOCC2)cnn1-c1cccc(C(F)(F)F)c1. The van der Waals surface area contributed by atoms with Crippen LogP contribution in [0.1, 0.15) is 5.56 Å². The molecule has 0 aliphatic carbocycles. The summed E-state index contributed by atoms with van der Waals surface area (Å²) in [6, 6.07) is 4.37. The summed E-state index contributed by atoms with van der Waals surface area (Å²) < 4.78 is 44.7. The molecule has 0 bridgehead atoms. The van der Waals surface area contributed by atoms with Crippen LogP contribution in [-0.4, -0.2) is 54.1 Å². The van der Waals surface area contributed by atoms with Crippen LogP contribution in [0.5, 0.6) is 0 Å². The first-order chi connectivity index (χ1) is 12.9. The van der Waals surface area contributed by atoms with E-state index in [9.17, 15) is 18.0 Å². The molecule has 6 nitrogen and oxygen atoms in total. The van der Waals surface area contributed by atoms with Crippen molar-refractivity contribution in [1.29, 1.82) is 0 Å². The van der Waals surface area contributed by atoms with Gasteiger partial charge in [0.05, 0.1) is 36.3 Å². The summed E-state index contributed by atoms with van der Waals surface area (Å²) >= 11 is 6.11. The van der Waals surface area contributed by atoms with Gasteiger partial charge in [0.25, 0.3) is 5.56 Å². The number of aromatic nitrogens is 2. The van der Waals surface area contributed by atoms with Gasteiger partial charge in [-0.1, -0.05) is 17.7 Å². The molecule has 2 aromatic rings. The van der Waals surface area contributed by atoms with Crippen molar-refractivity contribution in [3.8, 4) is 5.69 Å². The fraction of sp³-hybridized carbons (Fsp3) is 0.412. The van der Waals surface area contributed by atoms with E-state index < -0.39 is 17.3 Å². The highest BCUT2D eigenvalue weighted by atomic mass is 35.5. The van der Waals surface area contributed by atoms with Crippen LogP contribution in [0.3, 0.4) is 0 Å². The molecule has 2 heterocycles. The van der Waals surface area contributed by atoms with Gasteiger partial charge in [0, 0.05) is 26.2 Å². The number of alkyl halides is 3. The molecule has 146 valence electrons. The second-order valence-corrected chi connectivity index (χ2v) is 6.40. The number of nitrogens with zero attached hydrogens (tertiary/aromatic N) is 3. The normalized spacial score (nSPS) is 15.7. The standard InChI is InChI=1S/C17H18ClF3N4O2/c18-15-14(22-4-5-24-6-8-27-9-7-24)11-23-25(16(15)26)13-3-1-2-12(10-13)17(19,20)21/h1-3,10-11,22H,4-9H2. The number of rotatable bonds is 5. The average molecular weight is 403 g/mol. The Kier molecular flexibility index (Phi) is 6.03. The topological polar surface area (TPSA) is 59.4 Å². The largest absolute Gasteiger partial charge is 0.416 e. The van der Waals surface area contributed by atoms with Gasteiger partial charge in [-0.15, -0.1) is 0 Å². The molecule has 10 heteroatoms. The molecule has 1 aliphatic heterocycles. The van der Waals surface area contributed by atoms with E-state index in [4.69, 9.17) is 16.3 Å². The third-order valence-electron chi connectivity index (χ3n) is 4.18. The van der Waals surface area contributed by atoms with Gasteiger partial charge < -0.3 is 10.1 Å². The van der Waals surface area contributed by atoms with Crippen LogP contribution in [0.2, 0.25) is 5.02 Å². The lowest BCUT2D eigenvalue weighted by Crippen LogP contribution is -2.39. The zero-order chi connectivity index (χ0) is 19.4. The molecule has 0 atom stereocenters. The van der Waals surface area contributed by atoms with E-state index in [0.717, 1.165) is 36.4 Å². The summed E-state index contributed by atoms with van der Waals surface area (Å²) in [7, 11) is 0. The van der Waals surface area contributed by atoms with Crippen LogP contribution in [0, 0.1) is 0 Å². The average Bonchev–Trinajstić information content (AvgIpc) is 2.65. The number of hydrogen-bond acceptors (Lipinski definition) is 5. The first-order valence-electron chi connectivity index (χ1n) is 8.36. The molecule has 1 N–H and O–H groups in total. The number of morpholine rings is 1. The zero-order valence-corrected chi connectivity index (χ0v) is 15.1. The molecule has 1 aliphatic rings. The molecule has 1 aromatic heterocycles. The first-order valence-corrected chi connectivity index (χ1v) is 8.73. The van der Waals surface area contributed by atoms with Gasteiger partial charge in [0.2, 0.25) is 0 Å². The quantitative estimate of drug-likeness (QED) is 0.833. The van der Waals surface area contributed by atoms with Crippen molar-refractivity contribution in [3.05, 3.63) is 51.4 Å². The molecule has 0 saturated carbocycles. The van der Waals surface area contributed by atoms with E-state index >= 15 is 0 Å². The molecular weight excluding hydrogens is 385 g/mol. The maximum absolute atomic E-state index is 12.9. The van der Waals surface area contributed by atoms with Crippen LogP contribution in [-0.2, 0) is 10.9 Å². The van der Waals surface area contributed by atoms with E-state index in [1.165, 1.54) is 18.3 Å². The Morgan fingerprint density at radius 1 is 1.26 bits per heavy atom. The highest BCUT2D eigenvalue weighted by Gasteiger charge is 2.30. The predicted octanol–water partition coefficient (Wildman–Crippen LogP) is 2.65. The molecule has 0 unspecified atom stereocenters. The lowest BCUT2D eigenvalue weighted by molar-refractivity contribution is -0.137. The Labute approximate surface area is 158 Å². The minimum atomic E-state index is -4.51. The number of halogens is 4. The van der Waals surface area contributed by atoms with Crippen molar-refractivity contribution in [1.82, 2.24) is 14.7 Å². The van der Waals surface area contributed by atoms with E-state index in [2.05, 4.69) is 15.3 Å². The molecule has 0 amide bonds. The molecule has 1 fully saturated rings. The van der Waals surface area contributed by atoms with Crippen LogP contribution in [0.4, 0.5) is 18.9 Å². The lowest BCUT2D eigenvalue weighted by Gasteiger charge is -2.26. The Morgan fingerprint density at radius 3 is 2.70 bits per heavy atom. The van der Waals surface area contributed by atoms with Crippen molar-refractivity contribution in [2.45, 2.75) is 6.18 Å². The van der Waals surface area contributed by atoms with Crippen molar-refractivity contribution >= 4 is 17.3 Å². The van der Waals surface area contributed by atoms with Gasteiger partial charge in [0.15, 0.2) is 0 Å². The summed E-state index contributed by atoms with van der Waals surface area (Å²) in [6.07, 6.45) is -3.17. The second-order valence-electron chi connectivity index (χ2n) is 6.02. The molecule has 1 saturated heterocycles. The smallest absolute Gasteiger partial charge is 0.381 e. The van der Waals surface area contributed by atoms with Gasteiger partial charge in [-0.2, -0.15) is 23.0 Å². The lowest BCUT2D eigenvalue weighted by atomic mass is 10.2. The number of ether oxygens (including phenoxy) is 1. The minimum Gasteiger partial charge on any atom is -0.381 e. The Balaban J connectivity index is 1.74. The third-order valence-corrected chi connectivity index (χ3v) is 4.55. The highest BCUT2D eigenvalue weighted by molar-refractivity contribution is 6.32. The maximum Gasteiger partial charge on any atom is 0.416 e. The highest BCUT2D eigenvalue weighted by Crippen LogP contribution is 2.30. The Bertz CT molecular complexity index is 851. The second kappa shape index (κ2) is 8.28. The molecule has 1 aromatic carbocycles. The van der Waals surface area contributed by atoms with Gasteiger partial charge in [0.1, 0.15) is 5.02 Å². The van der Waals surface area contributed by atoms with Gasteiger partial charge in [-0.3, -0.25) is 9.69 Å². The van der Waals surface area contributed by atoms with Crippen LogP contribution >= 0.6 is 11.6 Å². The molecule has 0 spiro atoms. The molecule has 3 rings (SSSR count). The predicted molar refractivity (Wildman–Crippen MR) is 95.6 cm³/mol. The van der Waals surface area contributed by atoms with Gasteiger partial charge in [-0.05, 0) is 18.2 Å². The Morgan fingerprint density at radius 2 is 2.00 bits per heavy atom. The van der Waals surface area contributed by atoms with Crippen molar-refractivity contribution in [2.24, 2.45) is 0 Å². The number of benzene rings is 1. The monoisotopic (exact) mass is 402 g/mol. The van der Waals surface area contributed by atoms with Crippen LogP contribution in [0.15, 0.2) is 35.3 Å². The van der Waals surface area contributed by atoms with Crippen molar-refractivity contribution < 1.29 is 17.9 Å². The van der Waals surface area contributed by atoms with E-state index in [1.807, 2.05) is 0 Å². The fourth-order valence-electron chi connectivity index (χ4n) is 2.73. The van der Waals surface area contributed by atoms with Gasteiger partial charge >= 0.3 is 6.18 Å². The molecular formula is C17H18ClF3N4O2. The summed E-state index contributed by atoms with van der Waals surface area (Å²) in [6.45, 7) is 4.35. The third kappa shape index (κ3) is 4.79. The van der Waals surface area contributed by atoms with Crippen molar-refractivity contribution in [3.63, 3.8) is 0 Å². The molecule has 0 radical (unpaired) electrons. The number of anilines is 1. The van der Waals surface area contributed by atoms with E-state index in [1.54, 1.807) is 0 Å². The summed E-state index contributed by atoms with van der Waals surface area (Å²) in [5.41, 5.74) is -1.21. The Hall–Kier alpha value is -2.10. The van der Waals surface area contributed by atoms with Crippen LogP contribution in [0.25, 0.3) is 5.69 Å². The number of hydrogen-bond donors (Lipinski definition) is 1. The fourth-order valence-corrected chi connectivity index (χ4v) is 2.92. The van der Waals surface area contributed by atoms with E-state index in [0.29, 0.717) is 25.4 Å². The van der Waals surface area contributed by atoms with Gasteiger partial charge in [-0.25, -0.2) is 0 Å². The maximum atomic E-state index is 12.9. The minimum absolute atomic E-state index is 0.00316. The summed E-state index contributed by atoms with van der Waals surface area (Å²) in [5.74, 6) is 0. The summed E-state index contributed by atoms with van der Waals surface area (Å²) in [5, 5.41) is 6.88. The first kappa shape index (κ1) is 19.7. The molecule has 27 heavy (non-hydrogen) atoms. The van der Waals surface area contributed by atoms with Crippen molar-refractivity contribution in [2.75, 3.05) is 44.7 Å². The van der Waals surface area contributed by atoms with E-state index in [-0.39, 0.29) is 10.7 Å². The van der Waals surface area contributed by atoms with Crippen LogP contribution < -0.4 is 10.9 Å². The summed E-state index contributed by atoms with van der Waals surface area (Å²) in [4.78, 5) is 14.6. The number of nitrogens with one attached hydrogen (secondary N) is 1.